The van der Waals surface area contributed by atoms with Gasteiger partial charge >= 0.3 is 5.97 Å². The molecular weight excluding hydrogens is 600 g/mol. The lowest BCUT2D eigenvalue weighted by Crippen LogP contribution is -2.72. The zero-order valence-corrected chi connectivity index (χ0v) is 28.3. The van der Waals surface area contributed by atoms with Crippen LogP contribution in [0, 0.1) is 11.8 Å². The van der Waals surface area contributed by atoms with E-state index < -0.39 is 51.6 Å². The summed E-state index contributed by atoms with van der Waals surface area (Å²) in [7, 11) is 0. The molecule has 2 fully saturated rings. The minimum atomic E-state index is -1.66. The van der Waals surface area contributed by atoms with Crippen LogP contribution in [0.3, 0.4) is 0 Å². The number of hydrogen-bond donors (Lipinski definition) is 3. The number of carboxylic acid groups (broad SMARTS) is 1. The van der Waals surface area contributed by atoms with Crippen LogP contribution in [-0.2, 0) is 20.7 Å². The molecule has 9 nitrogen and oxygen atoms in total. The summed E-state index contributed by atoms with van der Waals surface area (Å²) in [5.74, 6) is -2.58. The number of phenolic OH excluding ortho intramolecular Hbond substituents is 1. The molecule has 3 heterocycles. The van der Waals surface area contributed by atoms with E-state index >= 15 is 0 Å². The Morgan fingerprint density at radius 1 is 1.06 bits per heavy atom. The molecule has 4 bridgehead atoms. The lowest BCUT2D eigenvalue weighted by atomic mass is 9.51. The molecule has 3 aliphatic carbocycles. The first-order valence-corrected chi connectivity index (χ1v) is 16.2. The van der Waals surface area contributed by atoms with Crippen LogP contribution in [-0.4, -0.2) is 60.9 Å². The van der Waals surface area contributed by atoms with E-state index in [9.17, 15) is 29.7 Å². The van der Waals surface area contributed by atoms with Crippen molar-refractivity contribution in [1.82, 2.24) is 0 Å². The van der Waals surface area contributed by atoms with E-state index in [-0.39, 0.29) is 40.4 Å². The molecule has 47 heavy (non-hydrogen) atoms. The number of carbonyl (C=O) groups is 3. The number of allylic oxidation sites excluding steroid dienone is 3. The van der Waals surface area contributed by atoms with Crippen molar-refractivity contribution in [2.24, 2.45) is 11.8 Å². The number of ether oxygens (including phenoxy) is 3. The predicted molar refractivity (Wildman–Crippen MR) is 176 cm³/mol. The Bertz CT molecular complexity index is 1760. The number of aromatic hydroxyl groups is 1. The number of phenols is 1. The summed E-state index contributed by atoms with van der Waals surface area (Å²) >= 11 is 0. The molecular formula is C38H44O9. The molecule has 3 aliphatic heterocycles. The van der Waals surface area contributed by atoms with Gasteiger partial charge in [0.1, 0.15) is 28.4 Å². The summed E-state index contributed by atoms with van der Waals surface area (Å²) in [6, 6.07) is 0. The second kappa shape index (κ2) is 10.5. The molecule has 0 amide bonds. The second-order valence-corrected chi connectivity index (χ2v) is 15.2. The maximum absolute atomic E-state index is 14.7. The molecule has 1 saturated carbocycles. The van der Waals surface area contributed by atoms with Gasteiger partial charge in [0.15, 0.2) is 22.8 Å². The van der Waals surface area contributed by atoms with Crippen molar-refractivity contribution in [2.45, 2.75) is 109 Å². The first-order chi connectivity index (χ1) is 21.8. The van der Waals surface area contributed by atoms with Gasteiger partial charge in [-0.25, -0.2) is 4.79 Å². The fraction of sp³-hybridized carbons (Fsp3) is 0.500. The number of carboxylic acids is 1. The number of fused-ring (bicyclic) bond motifs is 2. The topological polar surface area (TPSA) is 140 Å². The van der Waals surface area contributed by atoms with Crippen LogP contribution in [0.15, 0.2) is 53.2 Å². The number of rotatable bonds is 8. The Balaban J connectivity index is 1.58. The Labute approximate surface area is 275 Å². The smallest absolute Gasteiger partial charge is 0.330 e. The fourth-order valence-corrected chi connectivity index (χ4v) is 8.08. The van der Waals surface area contributed by atoms with Crippen LogP contribution in [0.25, 0.3) is 6.08 Å². The molecule has 7 rings (SSSR count). The summed E-state index contributed by atoms with van der Waals surface area (Å²) in [6.07, 6.45) is 13.3. The van der Waals surface area contributed by atoms with E-state index in [0.29, 0.717) is 36.1 Å². The van der Waals surface area contributed by atoms with Crippen molar-refractivity contribution in [3.05, 3.63) is 69.9 Å². The average molecular weight is 645 g/mol. The largest absolute Gasteiger partial charge is 0.506 e. The van der Waals surface area contributed by atoms with Crippen molar-refractivity contribution >= 4 is 23.6 Å². The van der Waals surface area contributed by atoms with E-state index in [4.69, 9.17) is 14.2 Å². The number of carbonyl (C=O) groups excluding carboxylic acids is 2. The SMILES string of the molecule is CC(C)=CCc1c2c(c(O)c3c1O[C@]14C(=C[C@@H]5CC1C(C)(C)O[C@@]4(C/C=C(\C)C(=O)O)C5=O)C3=O)C=C[C@@](C)(C/C=C\C(C)(C)O)O2. The van der Waals surface area contributed by atoms with Crippen LogP contribution in [0.5, 0.6) is 17.2 Å². The standard InChI is InChI=1S/C38H44O9/c1-20(2)10-11-24-30-23(13-16-36(8,45-30)15-9-14-34(4,5)44)28(39)27-29(40)25-18-22-19-26-35(6,7)47-37(32(22)41,17-12-21(3)33(42)43)38(25,26)46-31(24)27/h9-10,12-14,16,18,22,26,39,44H,11,15,17,19H2,1-8H3,(H,42,43)/b14-9-,21-12+/t22-,26?,36-,37+,38-/m1/s1. The van der Waals surface area contributed by atoms with Crippen molar-refractivity contribution in [3.8, 4) is 17.2 Å². The third-order valence-corrected chi connectivity index (χ3v) is 10.3. The highest BCUT2D eigenvalue weighted by molar-refractivity contribution is 6.19. The Kier molecular flexibility index (Phi) is 7.38. The van der Waals surface area contributed by atoms with E-state index in [2.05, 4.69) is 0 Å². The molecule has 3 N–H and O–H groups in total. The van der Waals surface area contributed by atoms with Crippen LogP contribution in [0.2, 0.25) is 0 Å². The van der Waals surface area contributed by atoms with Gasteiger partial charge in [-0.2, -0.15) is 0 Å². The molecule has 1 aromatic rings. The summed E-state index contributed by atoms with van der Waals surface area (Å²) in [5, 5.41) is 31.6. The Morgan fingerprint density at radius 3 is 2.40 bits per heavy atom. The molecule has 1 saturated heterocycles. The van der Waals surface area contributed by atoms with Crippen LogP contribution < -0.4 is 9.47 Å². The van der Waals surface area contributed by atoms with Gasteiger partial charge in [0.25, 0.3) is 0 Å². The number of hydrogen-bond acceptors (Lipinski definition) is 8. The first kappa shape index (κ1) is 33.0. The van der Waals surface area contributed by atoms with Gasteiger partial charge in [0.05, 0.1) is 16.8 Å². The number of ketones is 2. The third-order valence-electron chi connectivity index (χ3n) is 10.3. The summed E-state index contributed by atoms with van der Waals surface area (Å²) < 4.78 is 20.5. The molecule has 0 radical (unpaired) electrons. The predicted octanol–water partition coefficient (Wildman–Crippen LogP) is 6.21. The lowest BCUT2D eigenvalue weighted by molar-refractivity contribution is -0.171. The Hall–Kier alpha value is -3.95. The van der Waals surface area contributed by atoms with Gasteiger partial charge in [-0.1, -0.05) is 36.0 Å². The maximum Gasteiger partial charge on any atom is 0.330 e. The third kappa shape index (κ3) is 4.84. The second-order valence-electron chi connectivity index (χ2n) is 15.2. The van der Waals surface area contributed by atoms with Crippen LogP contribution >= 0.6 is 0 Å². The van der Waals surface area contributed by atoms with E-state index in [0.717, 1.165) is 5.57 Å². The van der Waals surface area contributed by atoms with E-state index in [1.807, 2.05) is 52.8 Å². The highest BCUT2D eigenvalue weighted by Crippen LogP contribution is 2.68. The lowest BCUT2D eigenvalue weighted by Gasteiger charge is -2.56. The quantitative estimate of drug-likeness (QED) is 0.223. The molecule has 5 atom stereocenters. The molecule has 250 valence electrons. The summed E-state index contributed by atoms with van der Waals surface area (Å²) in [5.41, 5.74) is -3.67. The van der Waals surface area contributed by atoms with Crippen LogP contribution in [0.1, 0.15) is 96.1 Å². The molecule has 9 heteroatoms. The van der Waals surface area contributed by atoms with Crippen molar-refractivity contribution in [3.63, 3.8) is 0 Å². The Morgan fingerprint density at radius 2 is 1.77 bits per heavy atom. The average Bonchev–Trinajstić information content (AvgIpc) is 3.11. The molecule has 1 aromatic carbocycles. The number of Topliss-reactive ketones (excluding diaryl/α,β-unsaturated/α-hetero) is 2. The maximum atomic E-state index is 14.7. The molecule has 1 unspecified atom stereocenters. The van der Waals surface area contributed by atoms with Crippen LogP contribution in [0.4, 0.5) is 0 Å². The van der Waals surface area contributed by atoms with Crippen molar-refractivity contribution in [2.75, 3.05) is 0 Å². The van der Waals surface area contributed by atoms with Gasteiger partial charge in [-0.05, 0) is 80.4 Å². The molecule has 1 spiro atoms. The van der Waals surface area contributed by atoms with Gasteiger partial charge in [0, 0.05) is 41.4 Å². The van der Waals surface area contributed by atoms with Gasteiger partial charge in [0.2, 0.25) is 0 Å². The normalized spacial score (nSPS) is 31.5. The zero-order valence-electron chi connectivity index (χ0n) is 28.3. The van der Waals surface area contributed by atoms with Gasteiger partial charge in [-0.15, -0.1) is 0 Å². The van der Waals surface area contributed by atoms with E-state index in [1.54, 1.807) is 32.1 Å². The highest BCUT2D eigenvalue weighted by atomic mass is 16.6. The van der Waals surface area contributed by atoms with E-state index in [1.165, 1.54) is 13.0 Å². The van der Waals surface area contributed by atoms with Crippen molar-refractivity contribution in [1.29, 1.82) is 0 Å². The molecule has 0 aromatic heterocycles. The summed E-state index contributed by atoms with van der Waals surface area (Å²) in [6.45, 7) is 14.4. The highest BCUT2D eigenvalue weighted by Gasteiger charge is 2.81. The fourth-order valence-electron chi connectivity index (χ4n) is 8.08. The number of aliphatic carboxylic acids is 1. The minimum Gasteiger partial charge on any atom is -0.506 e. The molecule has 6 aliphatic rings. The zero-order chi connectivity index (χ0) is 34.5. The van der Waals surface area contributed by atoms with Gasteiger partial charge in [-0.3, -0.25) is 9.59 Å². The van der Waals surface area contributed by atoms with Gasteiger partial charge < -0.3 is 29.5 Å². The number of aliphatic hydroxyl groups is 1. The minimum absolute atomic E-state index is 0.0150. The summed E-state index contributed by atoms with van der Waals surface area (Å²) in [4.78, 5) is 40.8. The number of benzene rings is 1. The first-order valence-electron chi connectivity index (χ1n) is 16.2. The van der Waals surface area contributed by atoms with Crippen molar-refractivity contribution < 1.29 is 43.9 Å². The monoisotopic (exact) mass is 644 g/mol.